The van der Waals surface area contributed by atoms with Gasteiger partial charge in [0.25, 0.3) is 10.0 Å². The third kappa shape index (κ3) is 6.95. The second-order valence-electron chi connectivity index (χ2n) is 6.94. The fraction of sp³-hybridized carbons (Fsp3) is 0.167. The molecule has 0 saturated carbocycles. The number of pyridine rings is 1. The summed E-state index contributed by atoms with van der Waals surface area (Å²) in [4.78, 5) is 16.2. The number of carbonyl (C=O) groups excluding carboxylic acids is 1. The average Bonchev–Trinajstić information content (AvgIpc) is 2.79. The number of amides is 1. The third-order valence-electron chi connectivity index (χ3n) is 4.41. The van der Waals surface area contributed by atoms with Crippen LogP contribution in [0.1, 0.15) is 25.3 Å². The van der Waals surface area contributed by atoms with E-state index in [1.807, 2.05) is 24.3 Å². The fourth-order valence-electron chi connectivity index (χ4n) is 2.70. The molecular weight excluding hydrogens is 426 g/mol. The highest BCUT2D eigenvalue weighted by Crippen LogP contribution is 2.17. The van der Waals surface area contributed by atoms with Gasteiger partial charge in [0.15, 0.2) is 0 Å². The maximum absolute atomic E-state index is 12.4. The smallest absolute Gasteiger partial charge is 0.263 e. The molecule has 1 heterocycles. The summed E-state index contributed by atoms with van der Waals surface area (Å²) in [6, 6.07) is 18.3. The number of nitrogens with one attached hydrogen (secondary N) is 2. The van der Waals surface area contributed by atoms with Crippen molar-refractivity contribution >= 4 is 33.5 Å². The van der Waals surface area contributed by atoms with Crippen LogP contribution in [0, 0.1) is 0 Å². The minimum atomic E-state index is -3.77. The van der Waals surface area contributed by atoms with Gasteiger partial charge < -0.3 is 10.1 Å². The first kappa shape index (κ1) is 23.0. The second-order valence-corrected chi connectivity index (χ2v) is 8.62. The maximum atomic E-state index is 12.4. The van der Waals surface area contributed by atoms with Crippen LogP contribution in [0.2, 0.25) is 0 Å². The molecule has 0 unspecified atom stereocenters. The summed E-state index contributed by atoms with van der Waals surface area (Å²) in [5.41, 5.74) is 1.35. The van der Waals surface area contributed by atoms with Gasteiger partial charge in [-0.3, -0.25) is 9.52 Å². The molecule has 0 aliphatic heterocycles. The van der Waals surface area contributed by atoms with Crippen molar-refractivity contribution in [1.29, 1.82) is 0 Å². The van der Waals surface area contributed by atoms with E-state index in [2.05, 4.69) is 21.9 Å². The van der Waals surface area contributed by atoms with Crippen molar-refractivity contribution in [2.24, 2.45) is 0 Å². The Morgan fingerprint density at radius 3 is 2.44 bits per heavy atom. The van der Waals surface area contributed by atoms with E-state index in [-0.39, 0.29) is 16.6 Å². The van der Waals surface area contributed by atoms with Crippen molar-refractivity contribution in [3.05, 3.63) is 84.6 Å². The first-order chi connectivity index (χ1) is 15.5. The molecule has 32 heavy (non-hydrogen) atoms. The van der Waals surface area contributed by atoms with Gasteiger partial charge in [-0.1, -0.05) is 31.5 Å². The molecule has 3 aromatic rings. The summed E-state index contributed by atoms with van der Waals surface area (Å²) in [6.45, 7) is 2.80. The topological polar surface area (TPSA) is 97.4 Å². The lowest BCUT2D eigenvalue weighted by molar-refractivity contribution is -0.111. The van der Waals surface area contributed by atoms with Gasteiger partial charge >= 0.3 is 0 Å². The van der Waals surface area contributed by atoms with E-state index < -0.39 is 10.0 Å². The van der Waals surface area contributed by atoms with Gasteiger partial charge in [0.05, 0.1) is 11.5 Å². The number of unbranched alkanes of at least 4 members (excludes halogenated alkanes) is 1. The molecule has 166 valence electrons. The predicted molar refractivity (Wildman–Crippen MR) is 126 cm³/mol. The highest BCUT2D eigenvalue weighted by molar-refractivity contribution is 7.92. The number of rotatable bonds is 10. The van der Waals surface area contributed by atoms with Crippen molar-refractivity contribution in [2.75, 3.05) is 16.6 Å². The monoisotopic (exact) mass is 451 g/mol. The Kier molecular flexibility index (Phi) is 7.99. The van der Waals surface area contributed by atoms with E-state index in [1.165, 1.54) is 36.5 Å². The zero-order chi connectivity index (χ0) is 22.8. The number of hydrogen-bond donors (Lipinski definition) is 2. The number of ether oxygens (including phenoxy) is 1. The minimum absolute atomic E-state index is 0.0675. The summed E-state index contributed by atoms with van der Waals surface area (Å²) >= 11 is 0. The van der Waals surface area contributed by atoms with E-state index in [0.29, 0.717) is 12.3 Å². The highest BCUT2D eigenvalue weighted by Gasteiger charge is 2.14. The van der Waals surface area contributed by atoms with Crippen LogP contribution in [0.3, 0.4) is 0 Å². The number of carbonyl (C=O) groups is 1. The summed E-state index contributed by atoms with van der Waals surface area (Å²) in [7, 11) is -3.77. The SMILES string of the molecule is CCCCOc1ccc(/C=C/C(=O)Nc2ccc(S(=O)(=O)Nc3ccccn3)cc2)cc1. The summed E-state index contributed by atoms with van der Waals surface area (Å²) < 4.78 is 32.9. The number of sulfonamides is 1. The molecule has 0 fully saturated rings. The van der Waals surface area contributed by atoms with Gasteiger partial charge in [-0.05, 0) is 66.6 Å². The van der Waals surface area contributed by atoms with Crippen LogP contribution in [0.15, 0.2) is 83.9 Å². The van der Waals surface area contributed by atoms with Crippen molar-refractivity contribution < 1.29 is 17.9 Å². The fourth-order valence-corrected chi connectivity index (χ4v) is 3.71. The molecule has 0 saturated heterocycles. The molecule has 0 atom stereocenters. The summed E-state index contributed by atoms with van der Waals surface area (Å²) in [5, 5.41) is 2.71. The van der Waals surface area contributed by atoms with E-state index >= 15 is 0 Å². The number of hydrogen-bond acceptors (Lipinski definition) is 5. The predicted octanol–water partition coefficient (Wildman–Crippen LogP) is 4.71. The lowest BCUT2D eigenvalue weighted by atomic mass is 10.2. The Labute approximate surface area is 188 Å². The van der Waals surface area contributed by atoms with Gasteiger partial charge in [-0.25, -0.2) is 13.4 Å². The quantitative estimate of drug-likeness (QED) is 0.344. The van der Waals surface area contributed by atoms with Gasteiger partial charge in [0.1, 0.15) is 11.6 Å². The minimum Gasteiger partial charge on any atom is -0.494 e. The van der Waals surface area contributed by atoms with Crippen LogP contribution in [-0.4, -0.2) is 25.9 Å². The Hall–Kier alpha value is -3.65. The van der Waals surface area contributed by atoms with Crippen molar-refractivity contribution in [1.82, 2.24) is 4.98 Å². The Morgan fingerprint density at radius 1 is 1.03 bits per heavy atom. The first-order valence-corrected chi connectivity index (χ1v) is 11.7. The van der Waals surface area contributed by atoms with E-state index in [1.54, 1.807) is 24.3 Å². The van der Waals surface area contributed by atoms with Crippen molar-refractivity contribution in [3.63, 3.8) is 0 Å². The first-order valence-electron chi connectivity index (χ1n) is 10.2. The summed E-state index contributed by atoms with van der Waals surface area (Å²) in [5.74, 6) is 0.707. The van der Waals surface area contributed by atoms with Crippen LogP contribution in [0.25, 0.3) is 6.08 Å². The molecule has 2 aromatic carbocycles. The van der Waals surface area contributed by atoms with Crippen LogP contribution in [0.5, 0.6) is 5.75 Å². The lowest BCUT2D eigenvalue weighted by Gasteiger charge is -2.08. The second kappa shape index (κ2) is 11.1. The molecule has 1 amide bonds. The highest BCUT2D eigenvalue weighted by atomic mass is 32.2. The largest absolute Gasteiger partial charge is 0.494 e. The molecule has 7 nitrogen and oxygen atoms in total. The van der Waals surface area contributed by atoms with E-state index in [4.69, 9.17) is 4.74 Å². The van der Waals surface area contributed by atoms with Crippen LogP contribution in [-0.2, 0) is 14.8 Å². The Bertz CT molecular complexity index is 1140. The van der Waals surface area contributed by atoms with Gasteiger partial charge in [-0.15, -0.1) is 0 Å². The van der Waals surface area contributed by atoms with Crippen molar-refractivity contribution in [2.45, 2.75) is 24.7 Å². The Morgan fingerprint density at radius 2 is 1.78 bits per heavy atom. The molecule has 0 aliphatic carbocycles. The number of benzene rings is 2. The molecule has 8 heteroatoms. The molecule has 0 spiro atoms. The van der Waals surface area contributed by atoms with E-state index in [9.17, 15) is 13.2 Å². The summed E-state index contributed by atoms with van der Waals surface area (Å²) in [6.07, 6.45) is 6.70. The van der Waals surface area contributed by atoms with Crippen LogP contribution in [0.4, 0.5) is 11.5 Å². The zero-order valence-electron chi connectivity index (χ0n) is 17.7. The van der Waals surface area contributed by atoms with Crippen LogP contribution < -0.4 is 14.8 Å². The normalized spacial score (nSPS) is 11.3. The number of anilines is 2. The molecule has 0 bridgehead atoms. The molecule has 0 aliphatic rings. The van der Waals surface area contributed by atoms with E-state index in [0.717, 1.165) is 24.2 Å². The number of nitrogens with zero attached hydrogens (tertiary/aromatic N) is 1. The molecular formula is C24H25N3O4S. The molecule has 3 rings (SSSR count). The average molecular weight is 452 g/mol. The molecule has 2 N–H and O–H groups in total. The maximum Gasteiger partial charge on any atom is 0.263 e. The zero-order valence-corrected chi connectivity index (χ0v) is 18.5. The van der Waals surface area contributed by atoms with Gasteiger partial charge in [-0.2, -0.15) is 0 Å². The third-order valence-corrected chi connectivity index (χ3v) is 5.78. The van der Waals surface area contributed by atoms with Gasteiger partial charge in [0.2, 0.25) is 5.91 Å². The molecule has 0 radical (unpaired) electrons. The van der Waals surface area contributed by atoms with Crippen LogP contribution >= 0.6 is 0 Å². The van der Waals surface area contributed by atoms with Gasteiger partial charge in [0, 0.05) is 18.0 Å². The number of aromatic nitrogens is 1. The van der Waals surface area contributed by atoms with Crippen molar-refractivity contribution in [3.8, 4) is 5.75 Å². The Balaban J connectivity index is 1.55. The molecule has 1 aromatic heterocycles. The lowest BCUT2D eigenvalue weighted by Crippen LogP contribution is -2.14. The standard InChI is InChI=1S/C24H25N3O4S/c1-2-3-18-31-21-12-7-19(8-13-21)9-16-24(28)26-20-10-14-22(15-11-20)32(29,30)27-23-6-4-5-17-25-23/h4-17H,2-3,18H2,1H3,(H,25,27)(H,26,28)/b16-9+.